The van der Waals surface area contributed by atoms with Gasteiger partial charge < -0.3 is 14.4 Å². The molecule has 5 rings (SSSR count). The van der Waals surface area contributed by atoms with E-state index in [2.05, 4.69) is 4.90 Å². The highest BCUT2D eigenvalue weighted by atomic mass is 35.5. The minimum absolute atomic E-state index is 0.124. The number of ether oxygens (including phenoxy) is 2. The van der Waals surface area contributed by atoms with Crippen molar-refractivity contribution in [1.82, 2.24) is 14.8 Å². The predicted octanol–water partition coefficient (Wildman–Crippen LogP) is 4.56. The van der Waals surface area contributed by atoms with Gasteiger partial charge in [0.25, 0.3) is 11.8 Å². The van der Waals surface area contributed by atoms with Crippen LogP contribution in [0.5, 0.6) is 5.75 Å². The van der Waals surface area contributed by atoms with E-state index in [-0.39, 0.29) is 24.4 Å². The van der Waals surface area contributed by atoms with Crippen molar-refractivity contribution in [3.05, 3.63) is 87.1 Å². The molecule has 0 N–H and O–H groups in total. The Balaban J connectivity index is 1.42. The molecule has 1 saturated heterocycles. The number of carbonyl (C=O) groups is 2. The number of hydrogen-bond acceptors (Lipinski definition) is 7. The van der Waals surface area contributed by atoms with Crippen molar-refractivity contribution >= 4 is 40.5 Å². The molecule has 3 heterocycles. The first kappa shape index (κ1) is 27.3. The van der Waals surface area contributed by atoms with Crippen molar-refractivity contribution in [3.8, 4) is 5.75 Å². The molecule has 0 bridgehead atoms. The smallest absolute Gasteiger partial charge is 0.262 e. The zero-order valence-corrected chi connectivity index (χ0v) is 23.4. The maximum atomic E-state index is 13.9. The van der Waals surface area contributed by atoms with Crippen LogP contribution in [0, 0.1) is 0 Å². The second-order valence-corrected chi connectivity index (χ2v) is 10.7. The zero-order valence-electron chi connectivity index (χ0n) is 21.8. The summed E-state index contributed by atoms with van der Waals surface area (Å²) < 4.78 is 11.1. The van der Waals surface area contributed by atoms with Gasteiger partial charge in [-0.3, -0.25) is 14.5 Å². The van der Waals surface area contributed by atoms with Gasteiger partial charge in [0.1, 0.15) is 12.3 Å². The molecule has 0 saturated carbocycles. The Morgan fingerprint density at radius 1 is 1.10 bits per heavy atom. The van der Waals surface area contributed by atoms with Gasteiger partial charge in [-0.15, -0.1) is 11.3 Å². The summed E-state index contributed by atoms with van der Waals surface area (Å²) in [4.78, 5) is 32.4. The van der Waals surface area contributed by atoms with E-state index >= 15 is 0 Å². The summed E-state index contributed by atoms with van der Waals surface area (Å²) in [7, 11) is 1.62. The molecule has 2 aromatic carbocycles. The monoisotopic (exact) mass is 566 g/mol. The number of morpholine rings is 1. The Morgan fingerprint density at radius 3 is 2.62 bits per heavy atom. The van der Waals surface area contributed by atoms with Crippen molar-refractivity contribution in [3.63, 3.8) is 0 Å². The van der Waals surface area contributed by atoms with Crippen LogP contribution in [0.25, 0.3) is 0 Å². The average Bonchev–Trinajstić information content (AvgIpc) is 3.66. The van der Waals surface area contributed by atoms with E-state index in [0.717, 1.165) is 29.2 Å². The van der Waals surface area contributed by atoms with E-state index in [0.29, 0.717) is 49.1 Å². The lowest BCUT2D eigenvalue weighted by atomic mass is 10.00. The minimum Gasteiger partial charge on any atom is -0.496 e. The zero-order chi connectivity index (χ0) is 27.2. The third-order valence-corrected chi connectivity index (χ3v) is 8.23. The van der Waals surface area contributed by atoms with Gasteiger partial charge >= 0.3 is 0 Å². The summed E-state index contributed by atoms with van der Waals surface area (Å²) in [6.07, 6.45) is 0.554. The van der Waals surface area contributed by atoms with E-state index in [1.165, 1.54) is 5.01 Å². The minimum atomic E-state index is -0.345. The van der Waals surface area contributed by atoms with E-state index in [1.54, 1.807) is 47.6 Å². The van der Waals surface area contributed by atoms with Crippen LogP contribution in [-0.2, 0) is 9.53 Å². The molecule has 1 atom stereocenters. The highest BCUT2D eigenvalue weighted by Crippen LogP contribution is 2.38. The number of para-hydroxylation sites is 1. The molecule has 2 aliphatic rings. The van der Waals surface area contributed by atoms with Gasteiger partial charge in [0.2, 0.25) is 0 Å². The van der Waals surface area contributed by atoms with Crippen LogP contribution in [-0.4, -0.2) is 85.4 Å². The van der Waals surface area contributed by atoms with E-state index in [4.69, 9.17) is 26.2 Å². The van der Waals surface area contributed by atoms with Crippen molar-refractivity contribution in [2.45, 2.75) is 12.5 Å². The van der Waals surface area contributed by atoms with Crippen LogP contribution in [0.3, 0.4) is 0 Å². The molecular weight excluding hydrogens is 536 g/mol. The summed E-state index contributed by atoms with van der Waals surface area (Å²) in [5.74, 6) is 0.150. The van der Waals surface area contributed by atoms with E-state index in [9.17, 15) is 9.59 Å². The Bertz CT molecular complexity index is 1330. The Hall–Kier alpha value is -3.24. The first-order valence-corrected chi connectivity index (χ1v) is 14.2. The number of hydrogen-bond donors (Lipinski definition) is 0. The summed E-state index contributed by atoms with van der Waals surface area (Å²) >= 11 is 7.97. The van der Waals surface area contributed by atoms with Crippen molar-refractivity contribution < 1.29 is 19.1 Å². The molecule has 8 nitrogen and oxygen atoms in total. The van der Waals surface area contributed by atoms with E-state index in [1.807, 2.05) is 41.8 Å². The summed E-state index contributed by atoms with van der Waals surface area (Å²) in [5, 5.41) is 8.66. The SMILES string of the molecule is COc1ccccc1C1CC(c2cccs2)=NN1C(=O)CN(CCN1CCOCC1)C(=O)c1ccccc1Cl. The van der Waals surface area contributed by atoms with Crippen LogP contribution >= 0.6 is 22.9 Å². The number of benzene rings is 2. The number of nitrogens with zero attached hydrogens (tertiary/aromatic N) is 4. The summed E-state index contributed by atoms with van der Waals surface area (Å²) in [6, 6.07) is 18.2. The van der Waals surface area contributed by atoms with Crippen molar-refractivity contribution in [1.29, 1.82) is 0 Å². The molecule has 0 aliphatic carbocycles. The second kappa shape index (κ2) is 12.7. The number of carbonyl (C=O) groups excluding carboxylic acids is 2. The molecule has 10 heteroatoms. The molecule has 2 aliphatic heterocycles. The number of methoxy groups -OCH3 is 1. The number of thiophene rings is 1. The fraction of sp³-hybridized carbons (Fsp3) is 0.345. The van der Waals surface area contributed by atoms with Crippen LogP contribution < -0.4 is 4.74 Å². The second-order valence-electron chi connectivity index (χ2n) is 9.38. The largest absolute Gasteiger partial charge is 0.496 e. The number of halogens is 1. The molecule has 1 unspecified atom stereocenters. The standard InChI is InChI=1S/C29H31ClN4O4S/c1-37-26-10-5-3-8-22(26)25-19-24(27-11-6-18-39-27)31-34(25)28(35)20-33(13-12-32-14-16-38-17-15-32)29(36)21-7-2-4-9-23(21)30/h2-11,18,25H,12-17,19-20H2,1H3. The maximum Gasteiger partial charge on any atom is 0.262 e. The van der Waals surface area contributed by atoms with Gasteiger partial charge in [-0.25, -0.2) is 5.01 Å². The van der Waals surface area contributed by atoms with Crippen molar-refractivity contribution in [2.75, 3.05) is 53.0 Å². The first-order valence-electron chi connectivity index (χ1n) is 13.0. The number of rotatable bonds is 9. The summed E-state index contributed by atoms with van der Waals surface area (Å²) in [6.45, 7) is 3.78. The third kappa shape index (κ3) is 6.33. The fourth-order valence-electron chi connectivity index (χ4n) is 4.90. The predicted molar refractivity (Wildman–Crippen MR) is 153 cm³/mol. The Labute approximate surface area is 237 Å². The van der Waals surface area contributed by atoms with Gasteiger partial charge in [0, 0.05) is 38.2 Å². The molecular formula is C29H31ClN4O4S. The average molecular weight is 567 g/mol. The lowest BCUT2D eigenvalue weighted by Gasteiger charge is -2.31. The maximum absolute atomic E-state index is 13.9. The number of amides is 2. The molecule has 39 heavy (non-hydrogen) atoms. The molecule has 204 valence electrons. The molecule has 1 fully saturated rings. The lowest BCUT2D eigenvalue weighted by Crippen LogP contribution is -2.46. The quantitative estimate of drug-likeness (QED) is 0.379. The van der Waals surface area contributed by atoms with Crippen LogP contribution in [0.2, 0.25) is 5.02 Å². The topological polar surface area (TPSA) is 74.7 Å². The van der Waals surface area contributed by atoms with E-state index < -0.39 is 0 Å². The highest BCUT2D eigenvalue weighted by molar-refractivity contribution is 7.12. The van der Waals surface area contributed by atoms with Gasteiger partial charge in [-0.1, -0.05) is 48.0 Å². The molecule has 0 spiro atoms. The summed E-state index contributed by atoms with van der Waals surface area (Å²) in [5.41, 5.74) is 2.09. The normalized spacial score (nSPS) is 17.6. The number of hydrazone groups is 1. The third-order valence-electron chi connectivity index (χ3n) is 6.98. The fourth-order valence-corrected chi connectivity index (χ4v) is 5.83. The molecule has 0 radical (unpaired) electrons. The molecule has 2 amide bonds. The van der Waals surface area contributed by atoms with Gasteiger partial charge in [-0.2, -0.15) is 5.10 Å². The molecule has 3 aromatic rings. The Kier molecular flexibility index (Phi) is 8.93. The van der Waals surface area contributed by atoms with Crippen molar-refractivity contribution in [2.24, 2.45) is 5.10 Å². The van der Waals surface area contributed by atoms with Gasteiger partial charge in [0.15, 0.2) is 0 Å². The lowest BCUT2D eigenvalue weighted by molar-refractivity contribution is -0.133. The highest BCUT2D eigenvalue weighted by Gasteiger charge is 2.36. The van der Waals surface area contributed by atoms with Crippen LogP contribution in [0.4, 0.5) is 0 Å². The van der Waals surface area contributed by atoms with Gasteiger partial charge in [0.05, 0.1) is 47.5 Å². The van der Waals surface area contributed by atoms with Crippen LogP contribution in [0.15, 0.2) is 71.1 Å². The first-order chi connectivity index (χ1) is 19.0. The molecule has 1 aromatic heterocycles. The Morgan fingerprint density at radius 2 is 1.87 bits per heavy atom. The van der Waals surface area contributed by atoms with Gasteiger partial charge in [-0.05, 0) is 29.6 Å². The van der Waals surface area contributed by atoms with Crippen LogP contribution in [0.1, 0.15) is 33.3 Å².